The van der Waals surface area contributed by atoms with Crippen molar-refractivity contribution in [1.29, 1.82) is 0 Å². The summed E-state index contributed by atoms with van der Waals surface area (Å²) >= 11 is 0. The molecule has 0 unspecified atom stereocenters. The first-order valence-electron chi connectivity index (χ1n) is 5.50. The number of aliphatic hydroxyl groups is 1. The summed E-state index contributed by atoms with van der Waals surface area (Å²) in [4.78, 5) is 9.25. The zero-order valence-corrected chi connectivity index (χ0v) is 11.2. The summed E-state index contributed by atoms with van der Waals surface area (Å²) in [5.74, 6) is -0.909. The number of nitrogens with zero attached hydrogens (tertiary/aromatic N) is 2. The number of benzene rings is 1. The first kappa shape index (κ1) is 16.2. The monoisotopic (exact) mass is 304 g/mol. The van der Waals surface area contributed by atoms with Crippen molar-refractivity contribution in [3.63, 3.8) is 0 Å². The molecule has 0 amide bonds. The molecule has 0 saturated heterocycles. The average Bonchev–Trinajstić information content (AvgIpc) is 2.38. The van der Waals surface area contributed by atoms with Crippen LogP contribution in [0.5, 0.6) is 0 Å². The largest absolute Gasteiger partial charge is 0.395 e. The van der Waals surface area contributed by atoms with E-state index in [0.717, 1.165) is 16.4 Å². The molecule has 9 heteroatoms. The number of aliphatic hydroxyl groups excluding tert-OH is 1. The number of nitro benzene ring substituents is 1. The Balaban J connectivity index is 3.40. The fourth-order valence-electron chi connectivity index (χ4n) is 1.56. The van der Waals surface area contributed by atoms with Crippen LogP contribution in [0.25, 0.3) is 0 Å². The van der Waals surface area contributed by atoms with Gasteiger partial charge in [0.25, 0.3) is 5.69 Å². The van der Waals surface area contributed by atoms with Gasteiger partial charge in [-0.25, -0.2) is 12.8 Å². The van der Waals surface area contributed by atoms with Crippen molar-refractivity contribution in [2.75, 3.05) is 19.7 Å². The maximum atomic E-state index is 13.0. The van der Waals surface area contributed by atoms with E-state index >= 15 is 0 Å². The third-order valence-electron chi connectivity index (χ3n) is 2.42. The molecule has 1 N–H and O–H groups in total. The lowest BCUT2D eigenvalue weighted by Crippen LogP contribution is -2.34. The lowest BCUT2D eigenvalue weighted by atomic mass is 10.3. The van der Waals surface area contributed by atoms with Crippen LogP contribution in [0.4, 0.5) is 10.1 Å². The van der Waals surface area contributed by atoms with Gasteiger partial charge in [0.05, 0.1) is 17.6 Å². The molecule has 0 saturated carbocycles. The highest BCUT2D eigenvalue weighted by molar-refractivity contribution is 7.89. The van der Waals surface area contributed by atoms with Gasteiger partial charge < -0.3 is 5.11 Å². The normalized spacial score (nSPS) is 11.6. The molecule has 0 bridgehead atoms. The van der Waals surface area contributed by atoms with E-state index in [1.165, 1.54) is 6.08 Å². The van der Waals surface area contributed by atoms with Crippen molar-refractivity contribution in [1.82, 2.24) is 4.31 Å². The number of hydrogen-bond donors (Lipinski definition) is 1. The Labute approximate surface area is 115 Å². The van der Waals surface area contributed by atoms with Gasteiger partial charge in [-0.3, -0.25) is 10.1 Å². The smallest absolute Gasteiger partial charge is 0.292 e. The third kappa shape index (κ3) is 3.38. The Morgan fingerprint density at radius 1 is 1.50 bits per heavy atom. The maximum Gasteiger partial charge on any atom is 0.292 e. The van der Waals surface area contributed by atoms with Gasteiger partial charge in [0.15, 0.2) is 4.90 Å². The minimum absolute atomic E-state index is 0.128. The van der Waals surface area contributed by atoms with Crippen molar-refractivity contribution in [3.8, 4) is 0 Å². The summed E-state index contributed by atoms with van der Waals surface area (Å²) in [6, 6.07) is 2.19. The molecule has 0 aliphatic carbocycles. The molecular weight excluding hydrogens is 291 g/mol. The highest BCUT2D eigenvalue weighted by Gasteiger charge is 2.31. The Morgan fingerprint density at radius 3 is 2.65 bits per heavy atom. The molecule has 0 fully saturated rings. The topological polar surface area (TPSA) is 101 Å². The van der Waals surface area contributed by atoms with E-state index < -0.39 is 38.0 Å². The molecule has 20 heavy (non-hydrogen) atoms. The molecule has 0 spiro atoms. The van der Waals surface area contributed by atoms with E-state index in [9.17, 15) is 22.9 Å². The molecule has 0 heterocycles. The number of nitro groups is 1. The molecule has 0 aliphatic heterocycles. The fraction of sp³-hybridized carbons (Fsp3) is 0.273. The Morgan fingerprint density at radius 2 is 2.15 bits per heavy atom. The van der Waals surface area contributed by atoms with E-state index in [1.807, 2.05) is 0 Å². The zero-order chi connectivity index (χ0) is 15.3. The zero-order valence-electron chi connectivity index (χ0n) is 10.4. The van der Waals surface area contributed by atoms with Crippen LogP contribution < -0.4 is 0 Å². The molecule has 0 aromatic heterocycles. The second kappa shape index (κ2) is 6.55. The van der Waals surface area contributed by atoms with Crippen LogP contribution >= 0.6 is 0 Å². The quantitative estimate of drug-likeness (QED) is 0.458. The van der Waals surface area contributed by atoms with Crippen molar-refractivity contribution < 1.29 is 22.8 Å². The number of sulfonamides is 1. The van der Waals surface area contributed by atoms with Gasteiger partial charge in [0, 0.05) is 13.1 Å². The van der Waals surface area contributed by atoms with E-state index in [2.05, 4.69) is 6.58 Å². The number of halogens is 1. The standard InChI is InChI=1S/C11H13FN2O5S/c1-2-5-13(6-7-15)20(18,19)11-4-3-9(12)8-10(11)14(16)17/h2-4,8,15H,1,5-7H2. The summed E-state index contributed by atoms with van der Waals surface area (Å²) in [5, 5.41) is 19.7. The van der Waals surface area contributed by atoms with Gasteiger partial charge in [-0.1, -0.05) is 6.08 Å². The summed E-state index contributed by atoms with van der Waals surface area (Å²) in [6.45, 7) is 2.55. The van der Waals surface area contributed by atoms with Crippen LogP contribution in [0, 0.1) is 15.9 Å². The molecule has 0 radical (unpaired) electrons. The highest BCUT2D eigenvalue weighted by atomic mass is 32.2. The lowest BCUT2D eigenvalue weighted by Gasteiger charge is -2.19. The van der Waals surface area contributed by atoms with Crippen LogP contribution in [-0.2, 0) is 10.0 Å². The molecule has 1 aromatic carbocycles. The molecule has 7 nitrogen and oxygen atoms in total. The van der Waals surface area contributed by atoms with Gasteiger partial charge in [-0.2, -0.15) is 4.31 Å². The van der Waals surface area contributed by atoms with Gasteiger partial charge >= 0.3 is 0 Å². The van der Waals surface area contributed by atoms with Gasteiger partial charge in [0.2, 0.25) is 10.0 Å². The van der Waals surface area contributed by atoms with Crippen LogP contribution in [0.1, 0.15) is 0 Å². The first-order chi connectivity index (χ1) is 9.34. The number of rotatable bonds is 7. The van der Waals surface area contributed by atoms with E-state index in [-0.39, 0.29) is 13.1 Å². The van der Waals surface area contributed by atoms with Crippen molar-refractivity contribution >= 4 is 15.7 Å². The summed E-state index contributed by atoms with van der Waals surface area (Å²) in [7, 11) is -4.22. The molecule has 0 atom stereocenters. The molecule has 110 valence electrons. The SMILES string of the molecule is C=CCN(CCO)S(=O)(=O)c1ccc(F)cc1[N+](=O)[O-]. The van der Waals surface area contributed by atoms with Gasteiger partial charge in [-0.05, 0) is 12.1 Å². The van der Waals surface area contributed by atoms with Crippen molar-refractivity contribution in [2.24, 2.45) is 0 Å². The van der Waals surface area contributed by atoms with Crippen LogP contribution in [0.15, 0.2) is 35.7 Å². The van der Waals surface area contributed by atoms with Crippen LogP contribution in [-0.4, -0.2) is 42.4 Å². The van der Waals surface area contributed by atoms with E-state index in [1.54, 1.807) is 0 Å². The second-order valence-corrected chi connectivity index (χ2v) is 5.65. The minimum atomic E-state index is -4.22. The Bertz CT molecular complexity index is 617. The molecule has 1 rings (SSSR count). The third-order valence-corrected chi connectivity index (χ3v) is 4.33. The Hall–Kier alpha value is -1.84. The fourth-order valence-corrected chi connectivity index (χ4v) is 3.10. The predicted molar refractivity (Wildman–Crippen MR) is 69.1 cm³/mol. The minimum Gasteiger partial charge on any atom is -0.395 e. The summed E-state index contributed by atoms with van der Waals surface area (Å²) < 4.78 is 38.4. The Kier molecular flexibility index (Phi) is 5.31. The molecular formula is C11H13FN2O5S. The van der Waals surface area contributed by atoms with Gasteiger partial charge in [-0.15, -0.1) is 6.58 Å². The van der Waals surface area contributed by atoms with E-state index in [0.29, 0.717) is 6.07 Å². The average molecular weight is 304 g/mol. The van der Waals surface area contributed by atoms with E-state index in [4.69, 9.17) is 5.11 Å². The van der Waals surface area contributed by atoms with Crippen molar-refractivity contribution in [3.05, 3.63) is 46.8 Å². The van der Waals surface area contributed by atoms with Gasteiger partial charge in [0.1, 0.15) is 5.82 Å². The lowest BCUT2D eigenvalue weighted by molar-refractivity contribution is -0.388. The first-order valence-corrected chi connectivity index (χ1v) is 6.94. The molecule has 0 aliphatic rings. The maximum absolute atomic E-state index is 13.0. The number of hydrogen-bond acceptors (Lipinski definition) is 5. The summed E-state index contributed by atoms with van der Waals surface area (Å²) in [6.07, 6.45) is 1.28. The second-order valence-electron chi connectivity index (χ2n) is 3.74. The molecule has 1 aromatic rings. The van der Waals surface area contributed by atoms with Crippen molar-refractivity contribution in [2.45, 2.75) is 4.90 Å². The van der Waals surface area contributed by atoms with Crippen LogP contribution in [0.2, 0.25) is 0 Å². The highest BCUT2D eigenvalue weighted by Crippen LogP contribution is 2.27. The van der Waals surface area contributed by atoms with Crippen LogP contribution in [0.3, 0.4) is 0 Å². The predicted octanol–water partition coefficient (Wildman–Crippen LogP) is 0.903. The summed E-state index contributed by atoms with van der Waals surface area (Å²) in [5.41, 5.74) is -0.850.